The molecule has 1 aliphatic carbocycles. The van der Waals surface area contributed by atoms with Crippen molar-refractivity contribution in [3.8, 4) is 0 Å². The zero-order valence-electron chi connectivity index (χ0n) is 5.04. The summed E-state index contributed by atoms with van der Waals surface area (Å²) in [7, 11) is 0. The highest BCUT2D eigenvalue weighted by molar-refractivity contribution is 9.25. The Morgan fingerprint density at radius 3 is 1.50 bits per heavy atom. The van der Waals surface area contributed by atoms with Gasteiger partial charge in [0.2, 0.25) is 0 Å². The third-order valence-corrected chi connectivity index (χ3v) is 5.23. The molecule has 1 saturated carbocycles. The first-order valence-corrected chi connectivity index (χ1v) is 4.20. The molecule has 0 bridgehead atoms. The number of halogens is 2. The van der Waals surface area contributed by atoms with Crippen LogP contribution in [0.1, 0.15) is 13.8 Å². The minimum Gasteiger partial charge on any atom is -0.0718 e. The molecule has 1 atom stereocenters. The van der Waals surface area contributed by atoms with Crippen LogP contribution in [0.15, 0.2) is 0 Å². The molecule has 1 fully saturated rings. The summed E-state index contributed by atoms with van der Waals surface area (Å²) in [5.41, 5.74) is 0.326. The average Bonchev–Trinajstić information content (AvgIpc) is 1.88. The van der Waals surface area contributed by atoms with Crippen LogP contribution in [0.5, 0.6) is 0 Å². The van der Waals surface area contributed by atoms with Crippen LogP contribution < -0.4 is 0 Å². The zero-order chi connectivity index (χ0) is 6.58. The highest BCUT2D eigenvalue weighted by atomic mass is 79.9. The maximum atomic E-state index is 3.96. The van der Waals surface area contributed by atoms with E-state index in [2.05, 4.69) is 52.6 Å². The predicted molar refractivity (Wildman–Crippen MR) is 43.2 cm³/mol. The van der Waals surface area contributed by atoms with Gasteiger partial charge in [-0.05, 0) is 18.3 Å². The Morgan fingerprint density at radius 1 is 1.38 bits per heavy atom. The Labute approximate surface area is 67.3 Å². The summed E-state index contributed by atoms with van der Waals surface area (Å²) < 4.78 is 0.118. The van der Waals surface area contributed by atoms with Gasteiger partial charge in [-0.3, -0.25) is 0 Å². The van der Waals surface area contributed by atoms with Gasteiger partial charge >= 0.3 is 0 Å². The zero-order valence-corrected chi connectivity index (χ0v) is 8.21. The van der Waals surface area contributed by atoms with Crippen LogP contribution >= 0.6 is 31.9 Å². The third-order valence-electron chi connectivity index (χ3n) is 2.08. The minimum absolute atomic E-state index is 0.118. The minimum atomic E-state index is 0.118. The van der Waals surface area contributed by atoms with E-state index in [0.717, 1.165) is 0 Å². The van der Waals surface area contributed by atoms with Crippen molar-refractivity contribution in [2.24, 2.45) is 11.3 Å². The van der Waals surface area contributed by atoms with Gasteiger partial charge in [0.15, 0.2) is 0 Å². The Balaban J connectivity index is 2.72. The van der Waals surface area contributed by atoms with Crippen LogP contribution in [0.3, 0.4) is 0 Å². The summed E-state index contributed by atoms with van der Waals surface area (Å²) in [6, 6.07) is 0. The van der Waals surface area contributed by atoms with E-state index in [1.807, 2.05) is 0 Å². The van der Waals surface area contributed by atoms with Crippen LogP contribution in [0.4, 0.5) is 0 Å². The lowest BCUT2D eigenvalue weighted by Crippen LogP contribution is -1.94. The summed E-state index contributed by atoms with van der Waals surface area (Å²) in [6.07, 6.45) is 0. The molecule has 8 heavy (non-hydrogen) atoms. The van der Waals surface area contributed by atoms with Crippen molar-refractivity contribution in [2.75, 3.05) is 0 Å². The number of alkyl halides is 2. The van der Waals surface area contributed by atoms with Crippen LogP contribution in [-0.4, -0.2) is 3.23 Å². The molecule has 1 rings (SSSR count). The Kier molecular flexibility index (Phi) is 1.34. The SMILES string of the molecule is [CH2]C1C(C)(C)C1(Br)Br. The van der Waals surface area contributed by atoms with E-state index in [4.69, 9.17) is 0 Å². The van der Waals surface area contributed by atoms with Crippen molar-refractivity contribution in [1.82, 2.24) is 0 Å². The molecule has 1 unspecified atom stereocenters. The van der Waals surface area contributed by atoms with Crippen molar-refractivity contribution >= 4 is 31.9 Å². The molecule has 0 amide bonds. The molecule has 1 aliphatic rings. The van der Waals surface area contributed by atoms with E-state index in [0.29, 0.717) is 11.3 Å². The lowest BCUT2D eigenvalue weighted by Gasteiger charge is -2.00. The van der Waals surface area contributed by atoms with E-state index >= 15 is 0 Å². The number of hydrogen-bond acceptors (Lipinski definition) is 0. The molecule has 0 N–H and O–H groups in total. The van der Waals surface area contributed by atoms with Crippen LogP contribution in [0.25, 0.3) is 0 Å². The second kappa shape index (κ2) is 1.51. The van der Waals surface area contributed by atoms with Crippen molar-refractivity contribution < 1.29 is 0 Å². The van der Waals surface area contributed by atoms with E-state index in [9.17, 15) is 0 Å². The van der Waals surface area contributed by atoms with Gasteiger partial charge in [0.25, 0.3) is 0 Å². The second-order valence-corrected chi connectivity index (χ2v) is 6.46. The molecule has 0 aromatic carbocycles. The van der Waals surface area contributed by atoms with Gasteiger partial charge in [0, 0.05) is 0 Å². The molecule has 1 radical (unpaired) electrons. The van der Waals surface area contributed by atoms with Gasteiger partial charge < -0.3 is 0 Å². The van der Waals surface area contributed by atoms with E-state index in [1.165, 1.54) is 0 Å². The van der Waals surface area contributed by atoms with Gasteiger partial charge in [-0.1, -0.05) is 45.7 Å². The molecule has 0 aliphatic heterocycles. The quantitative estimate of drug-likeness (QED) is 0.572. The van der Waals surface area contributed by atoms with E-state index in [1.54, 1.807) is 0 Å². The predicted octanol–water partition coefficient (Wildman–Crippen LogP) is 2.96. The second-order valence-electron chi connectivity index (χ2n) is 2.90. The van der Waals surface area contributed by atoms with Gasteiger partial charge in [-0.15, -0.1) is 0 Å². The first kappa shape index (κ1) is 7.07. The van der Waals surface area contributed by atoms with Crippen LogP contribution in [-0.2, 0) is 0 Å². The summed E-state index contributed by atoms with van der Waals surface area (Å²) in [6.45, 7) is 8.34. The largest absolute Gasteiger partial charge is 0.0893 e. The third kappa shape index (κ3) is 0.621. The topological polar surface area (TPSA) is 0 Å². The molecule has 0 aromatic rings. The van der Waals surface area contributed by atoms with Gasteiger partial charge in [-0.2, -0.15) is 0 Å². The van der Waals surface area contributed by atoms with Crippen LogP contribution in [0.2, 0.25) is 0 Å². The van der Waals surface area contributed by atoms with Crippen molar-refractivity contribution in [2.45, 2.75) is 17.1 Å². The monoisotopic (exact) mass is 239 g/mol. The highest BCUT2D eigenvalue weighted by Crippen LogP contribution is 2.70. The molecule has 0 spiro atoms. The Hall–Kier alpha value is 0.960. The smallest absolute Gasteiger partial charge is 0.0718 e. The normalized spacial score (nSPS) is 39.4. The number of hydrogen-bond donors (Lipinski definition) is 0. The van der Waals surface area contributed by atoms with Crippen molar-refractivity contribution in [3.63, 3.8) is 0 Å². The first-order valence-electron chi connectivity index (χ1n) is 2.61. The first-order chi connectivity index (χ1) is 3.40. The molecule has 0 nitrogen and oxygen atoms in total. The molecule has 0 heterocycles. The maximum Gasteiger partial charge on any atom is 0.0893 e. The Bertz CT molecular complexity index is 102. The molecular weight excluding hydrogens is 232 g/mol. The summed E-state index contributed by atoms with van der Waals surface area (Å²) in [5.74, 6) is 0.495. The molecular formula is C6H9Br2. The maximum absolute atomic E-state index is 3.96. The fourth-order valence-corrected chi connectivity index (χ4v) is 2.23. The highest BCUT2D eigenvalue weighted by Gasteiger charge is 2.66. The van der Waals surface area contributed by atoms with Gasteiger partial charge in [-0.25, -0.2) is 0 Å². The average molecular weight is 241 g/mol. The fourth-order valence-electron chi connectivity index (χ4n) is 0.757. The number of rotatable bonds is 0. The molecule has 0 aromatic heterocycles. The van der Waals surface area contributed by atoms with Crippen molar-refractivity contribution in [1.29, 1.82) is 0 Å². The Morgan fingerprint density at radius 2 is 1.50 bits per heavy atom. The molecule has 2 heteroatoms. The summed E-state index contributed by atoms with van der Waals surface area (Å²) in [5, 5.41) is 0. The lowest BCUT2D eigenvalue weighted by atomic mass is 10.1. The lowest BCUT2D eigenvalue weighted by molar-refractivity contribution is 0.608. The van der Waals surface area contributed by atoms with Crippen molar-refractivity contribution in [3.05, 3.63) is 6.92 Å². The summed E-state index contributed by atoms with van der Waals surface area (Å²) in [4.78, 5) is 0. The van der Waals surface area contributed by atoms with Gasteiger partial charge in [0.1, 0.15) is 0 Å². The fraction of sp³-hybridized carbons (Fsp3) is 0.833. The van der Waals surface area contributed by atoms with Gasteiger partial charge in [0.05, 0.1) is 3.23 Å². The molecule has 47 valence electrons. The van der Waals surface area contributed by atoms with Crippen LogP contribution in [0, 0.1) is 18.3 Å². The van der Waals surface area contributed by atoms with E-state index in [-0.39, 0.29) is 3.23 Å². The summed E-state index contributed by atoms with van der Waals surface area (Å²) >= 11 is 7.05. The standard InChI is InChI=1S/C6H9Br2/c1-4-5(2,3)6(4,7)8/h4H,1H2,2-3H3. The molecule has 0 saturated heterocycles. The van der Waals surface area contributed by atoms with E-state index < -0.39 is 0 Å².